The molecule has 154 valence electrons. The number of rotatable bonds is 3. The number of ether oxygens (including phenoxy) is 1. The number of para-hydroxylation sites is 1. The van der Waals surface area contributed by atoms with Gasteiger partial charge in [-0.2, -0.15) is 0 Å². The van der Waals surface area contributed by atoms with Crippen molar-refractivity contribution in [2.24, 2.45) is 0 Å². The number of hydrogen-bond donors (Lipinski definition) is 2. The number of carbonyl (C=O) groups excluding carboxylic acids is 2. The topological polar surface area (TPSA) is 87.3 Å². The normalized spacial score (nSPS) is 15.4. The number of urea groups is 1. The molecule has 1 aromatic heterocycles. The van der Waals surface area contributed by atoms with Crippen molar-refractivity contribution < 1.29 is 18.7 Å². The third-order valence-electron chi connectivity index (χ3n) is 5.02. The van der Waals surface area contributed by atoms with E-state index in [1.165, 1.54) is 18.1 Å². The number of fused-ring (bicyclic) bond motifs is 1. The molecular weight excluding hydrogens is 455 g/mol. The molecule has 0 fully saturated rings. The van der Waals surface area contributed by atoms with Gasteiger partial charge >= 0.3 is 12.0 Å². The van der Waals surface area contributed by atoms with Gasteiger partial charge in [0.2, 0.25) is 0 Å². The second kappa shape index (κ2) is 8.27. The largest absolute Gasteiger partial charge is 0.465 e. The molecule has 7 nitrogen and oxygen atoms in total. The van der Waals surface area contributed by atoms with Crippen LogP contribution in [0.4, 0.5) is 14.9 Å². The Morgan fingerprint density at radius 3 is 2.87 bits per heavy atom. The maximum atomic E-state index is 14.8. The lowest BCUT2D eigenvalue weighted by molar-refractivity contribution is 0.0602. The van der Waals surface area contributed by atoms with Gasteiger partial charge in [0.05, 0.1) is 30.4 Å². The third-order valence-corrected chi connectivity index (χ3v) is 5.51. The molecule has 2 heterocycles. The van der Waals surface area contributed by atoms with Crippen LogP contribution in [0, 0.1) is 5.82 Å². The Hall–Kier alpha value is -3.20. The minimum atomic E-state index is -0.710. The number of nitrogens with one attached hydrogen (secondary N) is 2. The summed E-state index contributed by atoms with van der Waals surface area (Å²) in [4.78, 5) is 34.2. The highest BCUT2D eigenvalue weighted by molar-refractivity contribution is 9.10. The third kappa shape index (κ3) is 3.68. The van der Waals surface area contributed by atoms with Gasteiger partial charge in [0, 0.05) is 28.7 Å². The monoisotopic (exact) mass is 472 g/mol. The van der Waals surface area contributed by atoms with Gasteiger partial charge < -0.3 is 19.9 Å². The summed E-state index contributed by atoms with van der Waals surface area (Å²) in [5.41, 5.74) is 2.34. The van der Waals surface area contributed by atoms with Gasteiger partial charge in [0.25, 0.3) is 0 Å². The quantitative estimate of drug-likeness (QED) is 0.557. The molecule has 3 aromatic rings. The van der Waals surface area contributed by atoms with Gasteiger partial charge in [-0.1, -0.05) is 34.1 Å². The maximum Gasteiger partial charge on any atom is 0.339 e. The number of methoxy groups -OCH3 is 1. The van der Waals surface area contributed by atoms with E-state index in [0.717, 1.165) is 5.69 Å². The minimum Gasteiger partial charge on any atom is -0.465 e. The molecule has 0 saturated carbocycles. The number of hydrogen-bond acceptors (Lipinski definition) is 4. The van der Waals surface area contributed by atoms with Crippen molar-refractivity contribution in [2.45, 2.75) is 12.5 Å². The summed E-state index contributed by atoms with van der Waals surface area (Å²) in [5, 5.41) is 2.77. The average Bonchev–Trinajstić information content (AvgIpc) is 3.22. The van der Waals surface area contributed by atoms with E-state index >= 15 is 0 Å². The molecule has 0 aliphatic carbocycles. The summed E-state index contributed by atoms with van der Waals surface area (Å²) < 4.78 is 20.2. The summed E-state index contributed by atoms with van der Waals surface area (Å²) in [6.07, 6.45) is 2.10. The van der Waals surface area contributed by atoms with Crippen LogP contribution in [0.15, 0.2) is 53.3 Å². The average molecular weight is 473 g/mol. The number of amides is 2. The fourth-order valence-corrected chi connectivity index (χ4v) is 3.93. The molecule has 2 aromatic carbocycles. The fourth-order valence-electron chi connectivity index (χ4n) is 3.60. The van der Waals surface area contributed by atoms with Crippen molar-refractivity contribution in [3.63, 3.8) is 0 Å². The standard InChI is InChI=1S/C21H18BrFN4O3/c1-30-20(28)14-4-2-3-5-16(14)26-21(29)27-9-8-17-18(25-11-24-17)19(27)13-7-6-12(22)10-15(13)23/h2-7,10-11,19H,8-9H2,1H3,(H,24,25)(H,26,29)/t19-/m0/s1. The summed E-state index contributed by atoms with van der Waals surface area (Å²) >= 11 is 3.26. The Balaban J connectivity index is 1.71. The van der Waals surface area contributed by atoms with E-state index in [-0.39, 0.29) is 5.56 Å². The zero-order valence-electron chi connectivity index (χ0n) is 16.0. The highest BCUT2D eigenvalue weighted by atomic mass is 79.9. The van der Waals surface area contributed by atoms with E-state index in [1.54, 1.807) is 42.7 Å². The van der Waals surface area contributed by atoms with Crippen molar-refractivity contribution in [2.75, 3.05) is 19.0 Å². The molecule has 1 aliphatic heterocycles. The molecule has 0 spiro atoms. The highest BCUT2D eigenvalue weighted by Gasteiger charge is 2.36. The number of esters is 1. The fraction of sp³-hybridized carbons (Fsp3) is 0.190. The molecule has 2 N–H and O–H groups in total. The van der Waals surface area contributed by atoms with E-state index in [2.05, 4.69) is 31.2 Å². The first-order valence-corrected chi connectivity index (χ1v) is 10.0. The molecule has 2 amide bonds. The molecule has 9 heteroatoms. The van der Waals surface area contributed by atoms with Crippen LogP contribution in [0.2, 0.25) is 0 Å². The Labute approximate surface area is 180 Å². The second-order valence-electron chi connectivity index (χ2n) is 6.75. The molecule has 1 atom stereocenters. The maximum absolute atomic E-state index is 14.8. The molecule has 0 saturated heterocycles. The number of imidazole rings is 1. The van der Waals surface area contributed by atoms with Gasteiger partial charge in [-0.25, -0.2) is 19.0 Å². The van der Waals surface area contributed by atoms with Gasteiger partial charge in [0.15, 0.2) is 0 Å². The lowest BCUT2D eigenvalue weighted by Crippen LogP contribution is -2.43. The minimum absolute atomic E-state index is 0.234. The smallest absolute Gasteiger partial charge is 0.339 e. The Kier molecular flexibility index (Phi) is 5.54. The Morgan fingerprint density at radius 1 is 1.30 bits per heavy atom. The Morgan fingerprint density at radius 2 is 2.10 bits per heavy atom. The van der Waals surface area contributed by atoms with Gasteiger partial charge in [0.1, 0.15) is 11.9 Å². The van der Waals surface area contributed by atoms with Crippen LogP contribution in [0.25, 0.3) is 0 Å². The summed E-state index contributed by atoms with van der Waals surface area (Å²) in [5.74, 6) is -1.01. The Bertz CT molecular complexity index is 1120. The molecular formula is C21H18BrFN4O3. The predicted octanol–water partition coefficient (Wildman–Crippen LogP) is 4.28. The SMILES string of the molecule is COC(=O)c1ccccc1NC(=O)N1CCc2[nH]cnc2[C@@H]1c1ccc(Br)cc1F. The van der Waals surface area contributed by atoms with Crippen LogP contribution in [-0.2, 0) is 11.2 Å². The van der Waals surface area contributed by atoms with Crippen LogP contribution in [0.1, 0.15) is 33.4 Å². The molecule has 30 heavy (non-hydrogen) atoms. The number of carbonyl (C=O) groups is 2. The van der Waals surface area contributed by atoms with Crippen molar-refractivity contribution in [3.05, 3.63) is 81.6 Å². The number of benzene rings is 2. The number of H-pyrrole nitrogens is 1. The lowest BCUT2D eigenvalue weighted by atomic mass is 9.95. The van der Waals surface area contributed by atoms with E-state index in [9.17, 15) is 14.0 Å². The number of nitrogens with zero attached hydrogens (tertiary/aromatic N) is 2. The zero-order chi connectivity index (χ0) is 21.3. The van der Waals surface area contributed by atoms with Crippen LogP contribution < -0.4 is 5.32 Å². The van der Waals surface area contributed by atoms with E-state index < -0.39 is 23.9 Å². The predicted molar refractivity (Wildman–Crippen MR) is 112 cm³/mol. The molecule has 1 aliphatic rings. The number of halogens is 2. The van der Waals surface area contributed by atoms with Crippen molar-refractivity contribution >= 4 is 33.6 Å². The molecule has 0 radical (unpaired) electrons. The van der Waals surface area contributed by atoms with Crippen LogP contribution in [0.5, 0.6) is 0 Å². The van der Waals surface area contributed by atoms with E-state index in [0.29, 0.717) is 34.4 Å². The van der Waals surface area contributed by atoms with Crippen molar-refractivity contribution in [3.8, 4) is 0 Å². The zero-order valence-corrected chi connectivity index (χ0v) is 17.6. The second-order valence-corrected chi connectivity index (χ2v) is 7.66. The first kappa shape index (κ1) is 20.1. The lowest BCUT2D eigenvalue weighted by Gasteiger charge is -2.35. The summed E-state index contributed by atoms with van der Waals surface area (Å²) in [7, 11) is 1.27. The highest BCUT2D eigenvalue weighted by Crippen LogP contribution is 2.36. The first-order chi connectivity index (χ1) is 14.5. The van der Waals surface area contributed by atoms with Crippen molar-refractivity contribution in [1.82, 2.24) is 14.9 Å². The number of aromatic amines is 1. The molecule has 4 rings (SSSR count). The molecule has 0 unspecified atom stereocenters. The summed E-state index contributed by atoms with van der Waals surface area (Å²) in [6, 6.07) is 10.1. The van der Waals surface area contributed by atoms with Crippen LogP contribution >= 0.6 is 15.9 Å². The van der Waals surface area contributed by atoms with E-state index in [1.807, 2.05) is 0 Å². The van der Waals surface area contributed by atoms with E-state index in [4.69, 9.17) is 4.74 Å². The summed E-state index contributed by atoms with van der Waals surface area (Å²) in [6.45, 7) is 0.349. The van der Waals surface area contributed by atoms with Gasteiger partial charge in [-0.15, -0.1) is 0 Å². The van der Waals surface area contributed by atoms with Crippen molar-refractivity contribution in [1.29, 1.82) is 0 Å². The van der Waals surface area contributed by atoms with Crippen LogP contribution in [0.3, 0.4) is 0 Å². The molecule has 0 bridgehead atoms. The number of anilines is 1. The number of aromatic nitrogens is 2. The van der Waals surface area contributed by atoms with Gasteiger partial charge in [-0.05, 0) is 24.3 Å². The van der Waals surface area contributed by atoms with Gasteiger partial charge in [-0.3, -0.25) is 0 Å². The van der Waals surface area contributed by atoms with Crippen LogP contribution in [-0.4, -0.2) is 40.5 Å². The first-order valence-electron chi connectivity index (χ1n) is 9.21.